The smallest absolute Gasteiger partial charge is 0.251 e. The van der Waals surface area contributed by atoms with Crippen LogP contribution < -0.4 is 16.0 Å². The highest BCUT2D eigenvalue weighted by molar-refractivity contribution is 5.96. The minimum absolute atomic E-state index is 0.0177. The van der Waals surface area contributed by atoms with Crippen LogP contribution >= 0.6 is 0 Å². The lowest BCUT2D eigenvalue weighted by Crippen LogP contribution is -2.25. The molecule has 0 unspecified atom stereocenters. The minimum atomic E-state index is -0.149. The van der Waals surface area contributed by atoms with Crippen molar-refractivity contribution in [2.24, 2.45) is 0 Å². The molecule has 6 heteroatoms. The summed E-state index contributed by atoms with van der Waals surface area (Å²) in [6.45, 7) is 1.39. The van der Waals surface area contributed by atoms with Gasteiger partial charge >= 0.3 is 0 Å². The Bertz CT molecular complexity index is 436. The van der Waals surface area contributed by atoms with E-state index in [9.17, 15) is 4.79 Å². The average Bonchev–Trinajstić information content (AvgIpc) is 2.41. The summed E-state index contributed by atoms with van der Waals surface area (Å²) in [6.07, 6.45) is 0.705. The first kappa shape index (κ1) is 16.3. The standard InChI is InChI=1S/C14H23N3O3/c1-17(2)13-5-4-11(10-12(13)15)14(19)16-6-3-8-20-9-7-18/h4-5,10,18H,3,6-9,15H2,1-2H3,(H,16,19). The maximum absolute atomic E-state index is 11.9. The second kappa shape index (κ2) is 8.39. The molecule has 0 aromatic heterocycles. The maximum atomic E-state index is 11.9. The van der Waals surface area contributed by atoms with Crippen molar-refractivity contribution < 1.29 is 14.6 Å². The fourth-order valence-electron chi connectivity index (χ4n) is 1.75. The van der Waals surface area contributed by atoms with Crippen molar-refractivity contribution in [1.29, 1.82) is 0 Å². The molecule has 0 saturated carbocycles. The number of nitrogens with zero attached hydrogens (tertiary/aromatic N) is 1. The number of aliphatic hydroxyl groups excluding tert-OH is 1. The van der Waals surface area contributed by atoms with Crippen LogP contribution in [-0.4, -0.2) is 51.5 Å². The lowest BCUT2D eigenvalue weighted by atomic mass is 10.1. The first-order chi connectivity index (χ1) is 9.56. The molecule has 0 spiro atoms. The maximum Gasteiger partial charge on any atom is 0.251 e. The van der Waals surface area contributed by atoms with Gasteiger partial charge < -0.3 is 25.8 Å². The number of anilines is 2. The summed E-state index contributed by atoms with van der Waals surface area (Å²) in [4.78, 5) is 13.8. The molecule has 0 bridgehead atoms. The number of ether oxygens (including phenoxy) is 1. The quantitative estimate of drug-likeness (QED) is 0.476. The summed E-state index contributed by atoms with van der Waals surface area (Å²) < 4.78 is 5.10. The molecule has 1 rings (SSSR count). The molecular weight excluding hydrogens is 258 g/mol. The zero-order chi connectivity index (χ0) is 15.0. The fourth-order valence-corrected chi connectivity index (χ4v) is 1.75. The van der Waals surface area contributed by atoms with Crippen LogP contribution in [0.4, 0.5) is 11.4 Å². The third-order valence-electron chi connectivity index (χ3n) is 2.76. The van der Waals surface area contributed by atoms with Gasteiger partial charge in [-0.3, -0.25) is 4.79 Å². The van der Waals surface area contributed by atoms with Crippen LogP contribution in [0.1, 0.15) is 16.8 Å². The van der Waals surface area contributed by atoms with Gasteiger partial charge in [-0.25, -0.2) is 0 Å². The largest absolute Gasteiger partial charge is 0.397 e. The van der Waals surface area contributed by atoms with E-state index >= 15 is 0 Å². The number of benzene rings is 1. The predicted octanol–water partition coefficient (Wildman–Crippen LogP) is 0.464. The van der Waals surface area contributed by atoms with Crippen molar-refractivity contribution in [1.82, 2.24) is 5.32 Å². The Labute approximate surface area is 119 Å². The van der Waals surface area contributed by atoms with Crippen molar-refractivity contribution in [3.05, 3.63) is 23.8 Å². The second-order valence-electron chi connectivity index (χ2n) is 4.61. The molecule has 20 heavy (non-hydrogen) atoms. The Kier molecular flexibility index (Phi) is 6.83. The topological polar surface area (TPSA) is 87.8 Å². The summed E-state index contributed by atoms with van der Waals surface area (Å²) in [6, 6.07) is 5.25. The van der Waals surface area contributed by atoms with Crippen LogP contribution in [0.3, 0.4) is 0 Å². The van der Waals surface area contributed by atoms with Crippen molar-refractivity contribution in [2.45, 2.75) is 6.42 Å². The zero-order valence-corrected chi connectivity index (χ0v) is 12.1. The van der Waals surface area contributed by atoms with Gasteiger partial charge in [-0.1, -0.05) is 0 Å². The number of hydrogen-bond donors (Lipinski definition) is 3. The van der Waals surface area contributed by atoms with Crippen molar-refractivity contribution >= 4 is 17.3 Å². The van der Waals surface area contributed by atoms with E-state index < -0.39 is 0 Å². The van der Waals surface area contributed by atoms with Gasteiger partial charge in [0.1, 0.15) is 0 Å². The molecule has 1 amide bonds. The van der Waals surface area contributed by atoms with E-state index in [4.69, 9.17) is 15.6 Å². The van der Waals surface area contributed by atoms with E-state index in [0.717, 1.165) is 5.69 Å². The van der Waals surface area contributed by atoms with Gasteiger partial charge in [0, 0.05) is 32.8 Å². The van der Waals surface area contributed by atoms with Crippen LogP contribution in [0, 0.1) is 0 Å². The summed E-state index contributed by atoms with van der Waals surface area (Å²) >= 11 is 0. The van der Waals surface area contributed by atoms with Gasteiger partial charge in [-0.05, 0) is 24.6 Å². The Balaban J connectivity index is 2.42. The second-order valence-corrected chi connectivity index (χ2v) is 4.61. The van der Waals surface area contributed by atoms with Crippen LogP contribution in [0.5, 0.6) is 0 Å². The Hall–Kier alpha value is -1.79. The highest BCUT2D eigenvalue weighted by Gasteiger charge is 2.08. The van der Waals surface area contributed by atoms with Gasteiger partial charge in [0.05, 0.1) is 24.6 Å². The molecule has 0 heterocycles. The number of amides is 1. The van der Waals surface area contributed by atoms with Gasteiger partial charge in [0.15, 0.2) is 0 Å². The molecule has 0 fully saturated rings. The minimum Gasteiger partial charge on any atom is -0.397 e. The van der Waals surface area contributed by atoms with Gasteiger partial charge in [0.2, 0.25) is 0 Å². The van der Waals surface area contributed by atoms with Crippen LogP contribution in [0.15, 0.2) is 18.2 Å². The van der Waals surface area contributed by atoms with Crippen LogP contribution in [0.2, 0.25) is 0 Å². The lowest BCUT2D eigenvalue weighted by molar-refractivity contribution is 0.0867. The highest BCUT2D eigenvalue weighted by Crippen LogP contribution is 2.22. The molecule has 0 saturated heterocycles. The lowest BCUT2D eigenvalue weighted by Gasteiger charge is -2.15. The molecule has 0 aliphatic carbocycles. The van der Waals surface area contributed by atoms with Gasteiger partial charge in [0.25, 0.3) is 5.91 Å². The number of carbonyl (C=O) groups is 1. The Morgan fingerprint density at radius 2 is 2.15 bits per heavy atom. The zero-order valence-electron chi connectivity index (χ0n) is 12.1. The molecule has 0 atom stereocenters. The molecule has 6 nitrogen and oxygen atoms in total. The Morgan fingerprint density at radius 1 is 1.40 bits per heavy atom. The van der Waals surface area contributed by atoms with E-state index in [1.54, 1.807) is 12.1 Å². The van der Waals surface area contributed by atoms with Gasteiger partial charge in [-0.15, -0.1) is 0 Å². The molecule has 1 aromatic carbocycles. The molecule has 1 aromatic rings. The van der Waals surface area contributed by atoms with Crippen molar-refractivity contribution in [2.75, 3.05) is 51.1 Å². The number of nitrogens with two attached hydrogens (primary N) is 1. The molecular formula is C14H23N3O3. The van der Waals surface area contributed by atoms with E-state index in [-0.39, 0.29) is 12.5 Å². The molecule has 4 N–H and O–H groups in total. The van der Waals surface area contributed by atoms with E-state index in [2.05, 4.69) is 5.32 Å². The normalized spacial score (nSPS) is 10.3. The summed E-state index contributed by atoms with van der Waals surface area (Å²) in [5.74, 6) is -0.149. The molecule has 0 aliphatic rings. The predicted molar refractivity (Wildman–Crippen MR) is 80.0 cm³/mol. The number of nitrogen functional groups attached to an aromatic ring is 1. The first-order valence-corrected chi connectivity index (χ1v) is 6.60. The number of nitrogens with one attached hydrogen (secondary N) is 1. The number of rotatable bonds is 8. The Morgan fingerprint density at radius 3 is 2.75 bits per heavy atom. The summed E-state index contributed by atoms with van der Waals surface area (Å²) in [5, 5.41) is 11.3. The summed E-state index contributed by atoms with van der Waals surface area (Å²) in [5.41, 5.74) is 7.92. The molecule has 112 valence electrons. The first-order valence-electron chi connectivity index (χ1n) is 6.60. The average molecular weight is 281 g/mol. The summed E-state index contributed by atoms with van der Waals surface area (Å²) in [7, 11) is 3.80. The third kappa shape index (κ3) is 5.07. The van der Waals surface area contributed by atoms with Crippen molar-refractivity contribution in [3.8, 4) is 0 Å². The fraction of sp³-hybridized carbons (Fsp3) is 0.500. The van der Waals surface area contributed by atoms with Crippen LogP contribution in [0.25, 0.3) is 0 Å². The van der Waals surface area contributed by atoms with Crippen molar-refractivity contribution in [3.63, 3.8) is 0 Å². The number of carbonyl (C=O) groups excluding carboxylic acids is 1. The SMILES string of the molecule is CN(C)c1ccc(C(=O)NCCCOCCO)cc1N. The number of hydrogen-bond acceptors (Lipinski definition) is 5. The number of aliphatic hydroxyl groups is 1. The molecule has 0 aliphatic heterocycles. The van der Waals surface area contributed by atoms with Gasteiger partial charge in [-0.2, -0.15) is 0 Å². The van der Waals surface area contributed by atoms with Crippen LogP contribution in [-0.2, 0) is 4.74 Å². The van der Waals surface area contributed by atoms with E-state index in [1.165, 1.54) is 0 Å². The molecule has 0 radical (unpaired) electrons. The highest BCUT2D eigenvalue weighted by atomic mass is 16.5. The van der Waals surface area contributed by atoms with E-state index in [1.807, 2.05) is 25.1 Å². The monoisotopic (exact) mass is 281 g/mol. The third-order valence-corrected chi connectivity index (χ3v) is 2.76. The van der Waals surface area contributed by atoms with E-state index in [0.29, 0.717) is 37.4 Å².